The third kappa shape index (κ3) is 2.75. The molecule has 0 aliphatic carbocycles. The highest BCUT2D eigenvalue weighted by atomic mass is 32.1. The van der Waals surface area contributed by atoms with E-state index in [-0.39, 0.29) is 12.8 Å². The second kappa shape index (κ2) is 5.21. The van der Waals surface area contributed by atoms with Gasteiger partial charge in [-0.1, -0.05) is 11.3 Å². The molecule has 1 aromatic carbocycles. The number of rotatable bonds is 2. The van der Waals surface area contributed by atoms with E-state index in [9.17, 15) is 9.59 Å². The van der Waals surface area contributed by atoms with Gasteiger partial charge in [-0.05, 0) is 13.8 Å². The van der Waals surface area contributed by atoms with Crippen LogP contribution in [0.5, 0.6) is 11.5 Å². The van der Waals surface area contributed by atoms with E-state index in [0.717, 1.165) is 4.70 Å². The molecule has 0 bridgehead atoms. The molecule has 1 aliphatic rings. The molecule has 21 heavy (non-hydrogen) atoms. The Labute approximate surface area is 124 Å². The number of nitrogens with one attached hydrogen (secondary N) is 2. The van der Waals surface area contributed by atoms with Crippen molar-refractivity contribution in [1.82, 2.24) is 10.3 Å². The lowest BCUT2D eigenvalue weighted by Crippen LogP contribution is -2.39. The van der Waals surface area contributed by atoms with Crippen molar-refractivity contribution < 1.29 is 19.1 Å². The zero-order chi connectivity index (χ0) is 15.0. The number of fused-ring (bicyclic) bond motifs is 2. The lowest BCUT2D eigenvalue weighted by molar-refractivity contribution is -0.136. The summed E-state index contributed by atoms with van der Waals surface area (Å²) < 4.78 is 11.4. The molecule has 0 unspecified atom stereocenters. The van der Waals surface area contributed by atoms with Gasteiger partial charge in [0.1, 0.15) is 0 Å². The standard InChI is InChI=1S/C13H13N3O4S/c1-6(2)14-11(17)12(18)16-13-15-7-3-8-9(20-5-19-8)4-10(7)21-13/h3-4,6H,5H2,1-2H3,(H,14,17)(H,15,16,18). The molecule has 1 aromatic heterocycles. The molecule has 0 fully saturated rings. The monoisotopic (exact) mass is 307 g/mol. The van der Waals surface area contributed by atoms with Gasteiger partial charge >= 0.3 is 11.8 Å². The molecule has 110 valence electrons. The molecule has 0 atom stereocenters. The molecule has 3 rings (SSSR count). The third-order valence-electron chi connectivity index (χ3n) is 2.73. The molecule has 2 N–H and O–H groups in total. The van der Waals surface area contributed by atoms with E-state index in [4.69, 9.17) is 9.47 Å². The van der Waals surface area contributed by atoms with Gasteiger partial charge in [0.25, 0.3) is 0 Å². The maximum absolute atomic E-state index is 11.7. The van der Waals surface area contributed by atoms with Crippen molar-refractivity contribution >= 4 is 38.5 Å². The van der Waals surface area contributed by atoms with E-state index in [1.807, 2.05) is 0 Å². The average molecular weight is 307 g/mol. The van der Waals surface area contributed by atoms with E-state index in [1.54, 1.807) is 26.0 Å². The van der Waals surface area contributed by atoms with Crippen molar-refractivity contribution in [3.8, 4) is 11.5 Å². The number of amides is 2. The van der Waals surface area contributed by atoms with Crippen molar-refractivity contribution in [3.05, 3.63) is 12.1 Å². The van der Waals surface area contributed by atoms with Crippen LogP contribution in [-0.4, -0.2) is 29.6 Å². The first-order chi connectivity index (χ1) is 10.0. The normalized spacial score (nSPS) is 12.7. The SMILES string of the molecule is CC(C)NC(=O)C(=O)Nc1nc2cc3c(cc2s1)OCO3. The Morgan fingerprint density at radius 3 is 2.67 bits per heavy atom. The zero-order valence-electron chi connectivity index (χ0n) is 11.4. The highest BCUT2D eigenvalue weighted by molar-refractivity contribution is 7.22. The summed E-state index contributed by atoms with van der Waals surface area (Å²) in [7, 11) is 0. The third-order valence-corrected chi connectivity index (χ3v) is 3.66. The Morgan fingerprint density at radius 1 is 1.24 bits per heavy atom. The summed E-state index contributed by atoms with van der Waals surface area (Å²) in [5.74, 6) is -0.133. The minimum atomic E-state index is -0.734. The largest absolute Gasteiger partial charge is 0.454 e. The summed E-state index contributed by atoms with van der Waals surface area (Å²) in [4.78, 5) is 27.5. The van der Waals surface area contributed by atoms with Crippen LogP contribution in [0.1, 0.15) is 13.8 Å². The van der Waals surface area contributed by atoms with E-state index < -0.39 is 11.8 Å². The van der Waals surface area contributed by atoms with Crippen LogP contribution in [-0.2, 0) is 9.59 Å². The summed E-state index contributed by atoms with van der Waals surface area (Å²) in [5.41, 5.74) is 0.684. The number of hydrogen-bond acceptors (Lipinski definition) is 6. The molecular weight excluding hydrogens is 294 g/mol. The van der Waals surface area contributed by atoms with Crippen molar-refractivity contribution in [2.45, 2.75) is 19.9 Å². The van der Waals surface area contributed by atoms with Crippen LogP contribution in [0.25, 0.3) is 10.2 Å². The van der Waals surface area contributed by atoms with E-state index in [0.29, 0.717) is 22.1 Å². The topological polar surface area (TPSA) is 89.6 Å². The lowest BCUT2D eigenvalue weighted by Gasteiger charge is -2.06. The molecule has 0 spiro atoms. The molecule has 2 amide bonds. The Hall–Kier alpha value is -2.35. The van der Waals surface area contributed by atoms with Gasteiger partial charge < -0.3 is 14.8 Å². The number of carbonyl (C=O) groups excluding carboxylic acids is 2. The summed E-state index contributed by atoms with van der Waals surface area (Å²) >= 11 is 1.27. The number of aromatic nitrogens is 1. The van der Waals surface area contributed by atoms with Crippen LogP contribution in [0, 0.1) is 0 Å². The lowest BCUT2D eigenvalue weighted by atomic mass is 10.3. The zero-order valence-corrected chi connectivity index (χ0v) is 12.2. The van der Waals surface area contributed by atoms with E-state index in [1.165, 1.54) is 11.3 Å². The van der Waals surface area contributed by atoms with Crippen LogP contribution >= 0.6 is 11.3 Å². The van der Waals surface area contributed by atoms with Crippen molar-refractivity contribution in [2.24, 2.45) is 0 Å². The Kier molecular flexibility index (Phi) is 3.38. The molecule has 2 aromatic rings. The van der Waals surface area contributed by atoms with Gasteiger partial charge in [0, 0.05) is 18.2 Å². The van der Waals surface area contributed by atoms with Crippen LogP contribution < -0.4 is 20.1 Å². The number of ether oxygens (including phenoxy) is 2. The molecule has 7 nitrogen and oxygen atoms in total. The minimum absolute atomic E-state index is 0.101. The van der Waals surface area contributed by atoms with Gasteiger partial charge in [0.15, 0.2) is 16.6 Å². The minimum Gasteiger partial charge on any atom is -0.454 e. The molecule has 1 aliphatic heterocycles. The first-order valence-corrected chi connectivity index (χ1v) is 7.16. The Morgan fingerprint density at radius 2 is 1.95 bits per heavy atom. The quantitative estimate of drug-likeness (QED) is 0.820. The van der Waals surface area contributed by atoms with Gasteiger partial charge in [-0.2, -0.15) is 0 Å². The van der Waals surface area contributed by atoms with Crippen molar-refractivity contribution in [3.63, 3.8) is 0 Å². The number of thiazole rings is 1. The fraction of sp³-hybridized carbons (Fsp3) is 0.308. The first-order valence-electron chi connectivity index (χ1n) is 6.35. The molecule has 0 radical (unpaired) electrons. The van der Waals surface area contributed by atoms with Crippen molar-refractivity contribution in [2.75, 3.05) is 12.1 Å². The van der Waals surface area contributed by atoms with Gasteiger partial charge in [-0.3, -0.25) is 14.9 Å². The Balaban J connectivity index is 1.79. The predicted molar refractivity (Wildman–Crippen MR) is 77.7 cm³/mol. The fourth-order valence-corrected chi connectivity index (χ4v) is 2.72. The number of anilines is 1. The Bertz CT molecular complexity index is 685. The highest BCUT2D eigenvalue weighted by Crippen LogP contribution is 2.38. The first kappa shape index (κ1) is 13.6. The number of nitrogens with zero attached hydrogens (tertiary/aromatic N) is 1. The summed E-state index contributed by atoms with van der Waals surface area (Å²) in [6, 6.07) is 3.45. The number of benzene rings is 1. The van der Waals surface area contributed by atoms with Crippen LogP contribution in [0.15, 0.2) is 12.1 Å². The van der Waals surface area contributed by atoms with Gasteiger partial charge in [-0.15, -0.1) is 0 Å². The summed E-state index contributed by atoms with van der Waals surface area (Å²) in [5, 5.41) is 5.36. The van der Waals surface area contributed by atoms with E-state index >= 15 is 0 Å². The van der Waals surface area contributed by atoms with E-state index in [2.05, 4.69) is 15.6 Å². The average Bonchev–Trinajstić information content (AvgIpc) is 2.99. The molecule has 2 heterocycles. The second-order valence-corrected chi connectivity index (χ2v) is 5.81. The van der Waals surface area contributed by atoms with Crippen LogP contribution in [0.2, 0.25) is 0 Å². The summed E-state index contributed by atoms with van der Waals surface area (Å²) in [6.07, 6.45) is 0. The van der Waals surface area contributed by atoms with Gasteiger partial charge in [0.05, 0.1) is 10.2 Å². The van der Waals surface area contributed by atoms with Crippen LogP contribution in [0.3, 0.4) is 0 Å². The van der Waals surface area contributed by atoms with Gasteiger partial charge in [-0.25, -0.2) is 4.98 Å². The highest BCUT2D eigenvalue weighted by Gasteiger charge is 2.19. The molecule has 0 saturated carbocycles. The number of carbonyl (C=O) groups is 2. The van der Waals surface area contributed by atoms with Crippen molar-refractivity contribution in [1.29, 1.82) is 0 Å². The van der Waals surface area contributed by atoms with Crippen LogP contribution in [0.4, 0.5) is 5.13 Å². The van der Waals surface area contributed by atoms with Gasteiger partial charge in [0.2, 0.25) is 6.79 Å². The smallest absolute Gasteiger partial charge is 0.315 e. The maximum Gasteiger partial charge on any atom is 0.315 e. The summed E-state index contributed by atoms with van der Waals surface area (Å²) in [6.45, 7) is 3.76. The number of hydrogen-bond donors (Lipinski definition) is 2. The second-order valence-electron chi connectivity index (χ2n) is 4.77. The molecule has 8 heteroatoms. The predicted octanol–water partition coefficient (Wildman–Crippen LogP) is 1.49. The molecular formula is C13H13N3O4S. The molecule has 0 saturated heterocycles. The maximum atomic E-state index is 11.7. The fourth-order valence-electron chi connectivity index (χ4n) is 1.85.